The predicted molar refractivity (Wildman–Crippen MR) is 59.1 cm³/mol. The number of hydrogen-bond acceptors (Lipinski definition) is 1. The van der Waals surface area contributed by atoms with Crippen molar-refractivity contribution in [1.29, 1.82) is 0 Å². The Kier molecular flexibility index (Phi) is 2.70. The van der Waals surface area contributed by atoms with Crippen molar-refractivity contribution in [3.63, 3.8) is 0 Å². The first-order chi connectivity index (χ1) is 7.09. The molecule has 0 saturated carbocycles. The second-order valence-corrected chi connectivity index (χ2v) is 4.58. The van der Waals surface area contributed by atoms with Crippen molar-refractivity contribution in [3.05, 3.63) is 34.3 Å². The van der Waals surface area contributed by atoms with Crippen LogP contribution in [0.5, 0.6) is 0 Å². The van der Waals surface area contributed by atoms with Gasteiger partial charge in [-0.1, -0.05) is 30.7 Å². The van der Waals surface area contributed by atoms with E-state index in [0.717, 1.165) is 23.4 Å². The van der Waals surface area contributed by atoms with E-state index in [-0.39, 0.29) is 11.8 Å². The van der Waals surface area contributed by atoms with Crippen LogP contribution in [0, 0.1) is 11.8 Å². The second kappa shape index (κ2) is 3.86. The van der Waals surface area contributed by atoms with Gasteiger partial charge in [0.05, 0.1) is 5.92 Å². The number of carboxylic acid groups (broad SMARTS) is 1. The van der Waals surface area contributed by atoms with Crippen molar-refractivity contribution in [3.8, 4) is 0 Å². The zero-order valence-electron chi connectivity index (χ0n) is 8.53. The average Bonchev–Trinajstić information content (AvgIpc) is 2.61. The molecular weight excluding hydrogens is 212 g/mol. The van der Waals surface area contributed by atoms with Gasteiger partial charge in [0.15, 0.2) is 0 Å². The quantitative estimate of drug-likeness (QED) is 0.839. The van der Waals surface area contributed by atoms with Gasteiger partial charge in [0.1, 0.15) is 0 Å². The van der Waals surface area contributed by atoms with E-state index < -0.39 is 5.97 Å². The normalized spacial score (nSPS) is 21.1. The fraction of sp³-hybridized carbons (Fsp3) is 0.417. The number of aliphatic carboxylic acids is 1. The minimum Gasteiger partial charge on any atom is -0.481 e. The van der Waals surface area contributed by atoms with Crippen LogP contribution in [0.25, 0.3) is 0 Å². The lowest BCUT2D eigenvalue weighted by molar-refractivity contribution is -0.142. The average molecular weight is 225 g/mol. The first-order valence-corrected chi connectivity index (χ1v) is 5.46. The number of halogens is 1. The molecule has 0 aliphatic heterocycles. The van der Waals surface area contributed by atoms with Crippen molar-refractivity contribution < 1.29 is 9.90 Å². The molecule has 0 fully saturated rings. The molecule has 80 valence electrons. The molecule has 0 heterocycles. The van der Waals surface area contributed by atoms with Crippen LogP contribution in [0.1, 0.15) is 18.1 Å². The zero-order chi connectivity index (χ0) is 11.0. The molecule has 0 bridgehead atoms. The topological polar surface area (TPSA) is 37.3 Å². The lowest BCUT2D eigenvalue weighted by Crippen LogP contribution is -2.20. The third kappa shape index (κ3) is 1.86. The molecule has 2 atom stereocenters. The Bertz CT molecular complexity index is 401. The minimum absolute atomic E-state index is 0.192. The van der Waals surface area contributed by atoms with Gasteiger partial charge in [-0.05, 0) is 36.0 Å². The summed E-state index contributed by atoms with van der Waals surface area (Å²) in [5.74, 6) is -0.824. The molecule has 0 spiro atoms. The predicted octanol–water partition coefficient (Wildman–Crippen LogP) is 2.78. The van der Waals surface area contributed by atoms with Crippen LogP contribution >= 0.6 is 11.6 Å². The maximum atomic E-state index is 10.9. The molecule has 2 rings (SSSR count). The van der Waals surface area contributed by atoms with E-state index in [4.69, 9.17) is 16.7 Å². The third-order valence-electron chi connectivity index (χ3n) is 3.26. The van der Waals surface area contributed by atoms with Crippen molar-refractivity contribution in [2.45, 2.75) is 19.8 Å². The van der Waals surface area contributed by atoms with E-state index in [1.54, 1.807) is 6.92 Å². The standard InChI is InChI=1S/C12H13ClO2/c1-7(12(14)15)9-5-8-3-2-4-11(13)10(8)6-9/h2-4,7,9H,5-6H2,1H3,(H,14,15). The molecule has 0 radical (unpaired) electrons. The Morgan fingerprint density at radius 1 is 1.53 bits per heavy atom. The first-order valence-electron chi connectivity index (χ1n) is 5.08. The highest BCUT2D eigenvalue weighted by Crippen LogP contribution is 2.35. The van der Waals surface area contributed by atoms with Crippen LogP contribution in [-0.4, -0.2) is 11.1 Å². The largest absolute Gasteiger partial charge is 0.481 e. The molecular formula is C12H13ClO2. The zero-order valence-corrected chi connectivity index (χ0v) is 9.29. The van der Waals surface area contributed by atoms with Crippen molar-refractivity contribution in [1.82, 2.24) is 0 Å². The molecule has 0 aromatic heterocycles. The molecule has 3 heteroatoms. The summed E-state index contributed by atoms with van der Waals surface area (Å²) >= 11 is 6.07. The summed E-state index contributed by atoms with van der Waals surface area (Å²) in [5.41, 5.74) is 2.35. The fourth-order valence-electron chi connectivity index (χ4n) is 2.20. The van der Waals surface area contributed by atoms with Gasteiger partial charge in [0.25, 0.3) is 0 Å². The van der Waals surface area contributed by atoms with Crippen LogP contribution in [-0.2, 0) is 17.6 Å². The second-order valence-electron chi connectivity index (χ2n) is 4.17. The number of rotatable bonds is 2. The number of benzene rings is 1. The summed E-state index contributed by atoms with van der Waals surface area (Å²) in [5, 5.41) is 9.73. The number of fused-ring (bicyclic) bond motifs is 1. The lowest BCUT2D eigenvalue weighted by Gasteiger charge is -2.13. The molecule has 0 amide bonds. The third-order valence-corrected chi connectivity index (χ3v) is 3.62. The van der Waals surface area contributed by atoms with E-state index in [1.807, 2.05) is 18.2 Å². The summed E-state index contributed by atoms with van der Waals surface area (Å²) in [6.45, 7) is 1.77. The number of hydrogen-bond donors (Lipinski definition) is 1. The molecule has 15 heavy (non-hydrogen) atoms. The maximum absolute atomic E-state index is 10.9. The fourth-order valence-corrected chi connectivity index (χ4v) is 2.47. The summed E-state index contributed by atoms with van der Waals surface area (Å²) in [6.07, 6.45) is 1.63. The molecule has 2 nitrogen and oxygen atoms in total. The monoisotopic (exact) mass is 224 g/mol. The molecule has 2 unspecified atom stereocenters. The molecule has 1 N–H and O–H groups in total. The van der Waals surface area contributed by atoms with Gasteiger partial charge in [-0.2, -0.15) is 0 Å². The summed E-state index contributed by atoms with van der Waals surface area (Å²) < 4.78 is 0. The van der Waals surface area contributed by atoms with Crippen molar-refractivity contribution in [2.75, 3.05) is 0 Å². The first kappa shape index (κ1) is 10.5. The Labute approximate surface area is 93.9 Å². The van der Waals surface area contributed by atoms with Gasteiger partial charge in [-0.15, -0.1) is 0 Å². The Hall–Kier alpha value is -1.02. The van der Waals surface area contributed by atoms with Crippen molar-refractivity contribution in [2.24, 2.45) is 11.8 Å². The maximum Gasteiger partial charge on any atom is 0.306 e. The van der Waals surface area contributed by atoms with E-state index in [0.29, 0.717) is 0 Å². The van der Waals surface area contributed by atoms with Gasteiger partial charge in [-0.3, -0.25) is 4.79 Å². The molecule has 1 aliphatic carbocycles. The SMILES string of the molecule is CC(C(=O)O)C1Cc2cccc(Cl)c2C1. The van der Waals surface area contributed by atoms with Gasteiger partial charge in [0, 0.05) is 5.02 Å². The van der Waals surface area contributed by atoms with Crippen LogP contribution in [0.2, 0.25) is 5.02 Å². The van der Waals surface area contributed by atoms with Gasteiger partial charge >= 0.3 is 5.97 Å². The summed E-state index contributed by atoms with van der Waals surface area (Å²) in [6, 6.07) is 5.83. The van der Waals surface area contributed by atoms with Crippen LogP contribution in [0.4, 0.5) is 0 Å². The number of carboxylic acids is 1. The highest BCUT2D eigenvalue weighted by molar-refractivity contribution is 6.31. The Morgan fingerprint density at radius 3 is 2.87 bits per heavy atom. The van der Waals surface area contributed by atoms with E-state index in [1.165, 1.54) is 5.56 Å². The smallest absolute Gasteiger partial charge is 0.306 e. The van der Waals surface area contributed by atoms with Crippen LogP contribution in [0.3, 0.4) is 0 Å². The van der Waals surface area contributed by atoms with Gasteiger partial charge < -0.3 is 5.11 Å². The van der Waals surface area contributed by atoms with Crippen molar-refractivity contribution >= 4 is 17.6 Å². The highest BCUT2D eigenvalue weighted by Gasteiger charge is 2.30. The highest BCUT2D eigenvalue weighted by atomic mass is 35.5. The molecule has 0 saturated heterocycles. The summed E-state index contributed by atoms with van der Waals surface area (Å²) in [4.78, 5) is 10.9. The Morgan fingerprint density at radius 2 is 2.27 bits per heavy atom. The molecule has 1 aromatic rings. The number of carbonyl (C=O) groups is 1. The van der Waals surface area contributed by atoms with E-state index in [9.17, 15) is 4.79 Å². The Balaban J connectivity index is 2.23. The van der Waals surface area contributed by atoms with Crippen LogP contribution in [0.15, 0.2) is 18.2 Å². The minimum atomic E-state index is -0.719. The molecule has 1 aliphatic rings. The van der Waals surface area contributed by atoms with E-state index in [2.05, 4.69) is 0 Å². The molecule has 1 aromatic carbocycles. The van der Waals surface area contributed by atoms with Gasteiger partial charge in [-0.25, -0.2) is 0 Å². The lowest BCUT2D eigenvalue weighted by atomic mass is 9.91. The van der Waals surface area contributed by atoms with E-state index >= 15 is 0 Å². The van der Waals surface area contributed by atoms with Crippen LogP contribution < -0.4 is 0 Å². The summed E-state index contributed by atoms with van der Waals surface area (Å²) in [7, 11) is 0. The van der Waals surface area contributed by atoms with Gasteiger partial charge in [0.2, 0.25) is 0 Å².